The molecule has 0 N–H and O–H groups in total. The first-order valence-corrected chi connectivity index (χ1v) is 10.4. The van der Waals surface area contributed by atoms with Crippen molar-refractivity contribution in [3.05, 3.63) is 54.4 Å². The Kier molecular flexibility index (Phi) is 7.33. The van der Waals surface area contributed by atoms with E-state index in [4.69, 9.17) is 4.74 Å². The van der Waals surface area contributed by atoms with Crippen molar-refractivity contribution in [2.75, 3.05) is 19.7 Å². The van der Waals surface area contributed by atoms with Crippen molar-refractivity contribution in [3.8, 4) is 5.75 Å². The molecular formula is C23H31N3O3. The summed E-state index contributed by atoms with van der Waals surface area (Å²) in [6, 6.07) is 13.6. The number of nitrogens with zero attached hydrogens (tertiary/aromatic N) is 3. The van der Waals surface area contributed by atoms with Gasteiger partial charge in [0, 0.05) is 31.5 Å². The molecule has 1 aliphatic rings. The Balaban J connectivity index is 1.61. The number of carbonyl (C=O) groups excluding carboxylic acids is 2. The minimum Gasteiger partial charge on any atom is -0.484 e. The number of para-hydroxylation sites is 1. The van der Waals surface area contributed by atoms with E-state index < -0.39 is 0 Å². The molecule has 1 saturated carbocycles. The van der Waals surface area contributed by atoms with Gasteiger partial charge in [0.2, 0.25) is 5.91 Å². The fraction of sp³-hybridized carbons (Fsp3) is 0.478. The minimum absolute atomic E-state index is 0.0119. The molecule has 1 aromatic carbocycles. The number of aromatic nitrogens is 1. The number of rotatable bonds is 11. The molecule has 1 aliphatic carbocycles. The molecule has 1 fully saturated rings. The summed E-state index contributed by atoms with van der Waals surface area (Å²) in [5, 5.41) is 0. The summed E-state index contributed by atoms with van der Waals surface area (Å²) in [6.45, 7) is 3.29. The number of unbranched alkanes of at least 4 members (excludes halogenated alkanes) is 1. The van der Waals surface area contributed by atoms with E-state index in [1.54, 1.807) is 4.90 Å². The fourth-order valence-corrected chi connectivity index (χ4v) is 3.29. The average Bonchev–Trinajstić information content (AvgIpc) is 3.49. The van der Waals surface area contributed by atoms with Crippen molar-refractivity contribution < 1.29 is 14.3 Å². The molecular weight excluding hydrogens is 366 g/mol. The van der Waals surface area contributed by atoms with Gasteiger partial charge in [0.05, 0.1) is 13.1 Å². The first kappa shape index (κ1) is 21.0. The first-order chi connectivity index (χ1) is 14.1. The van der Waals surface area contributed by atoms with E-state index >= 15 is 0 Å². The SMILES string of the molecule is CCCCN(CC(=O)N(Cc1cccn1C)C1CC1)C(=O)COc1ccccc1. The number of ether oxygens (including phenoxy) is 1. The van der Waals surface area contributed by atoms with Crippen molar-refractivity contribution in [2.24, 2.45) is 7.05 Å². The molecule has 0 atom stereocenters. The van der Waals surface area contributed by atoms with Gasteiger partial charge in [0.1, 0.15) is 5.75 Å². The first-order valence-electron chi connectivity index (χ1n) is 10.4. The molecule has 6 heteroatoms. The lowest BCUT2D eigenvalue weighted by atomic mass is 10.3. The molecule has 29 heavy (non-hydrogen) atoms. The summed E-state index contributed by atoms with van der Waals surface area (Å²) in [4.78, 5) is 29.4. The maximum Gasteiger partial charge on any atom is 0.260 e. The number of benzene rings is 1. The van der Waals surface area contributed by atoms with E-state index in [0.29, 0.717) is 24.9 Å². The summed E-state index contributed by atoms with van der Waals surface area (Å²) in [7, 11) is 1.99. The Morgan fingerprint density at radius 2 is 1.86 bits per heavy atom. The minimum atomic E-state index is -0.148. The predicted molar refractivity (Wildman–Crippen MR) is 112 cm³/mol. The van der Waals surface area contributed by atoms with Gasteiger partial charge in [0.15, 0.2) is 6.61 Å². The van der Waals surface area contributed by atoms with Crippen molar-refractivity contribution in [1.82, 2.24) is 14.4 Å². The molecule has 0 saturated heterocycles. The summed E-state index contributed by atoms with van der Waals surface area (Å²) in [6.07, 6.45) is 5.90. The monoisotopic (exact) mass is 397 g/mol. The summed E-state index contributed by atoms with van der Waals surface area (Å²) in [5.74, 6) is 0.522. The third kappa shape index (κ3) is 6.11. The van der Waals surface area contributed by atoms with Gasteiger partial charge in [-0.25, -0.2) is 0 Å². The normalized spacial score (nSPS) is 13.2. The van der Waals surface area contributed by atoms with Gasteiger partial charge >= 0.3 is 0 Å². The van der Waals surface area contributed by atoms with E-state index in [9.17, 15) is 9.59 Å². The van der Waals surface area contributed by atoms with Crippen LogP contribution in [0.5, 0.6) is 5.75 Å². The zero-order valence-electron chi connectivity index (χ0n) is 17.4. The number of hydrogen-bond donors (Lipinski definition) is 0. The second-order valence-corrected chi connectivity index (χ2v) is 7.63. The standard InChI is InChI=1S/C23H31N3O3/c1-3-4-15-25(23(28)18-29-21-10-6-5-7-11-21)17-22(27)26(19-12-13-19)16-20-9-8-14-24(20)2/h5-11,14,19H,3-4,12-13,15-18H2,1-2H3. The van der Waals surface area contributed by atoms with Gasteiger partial charge in [-0.3, -0.25) is 9.59 Å². The lowest BCUT2D eigenvalue weighted by Gasteiger charge is -2.28. The summed E-state index contributed by atoms with van der Waals surface area (Å²) >= 11 is 0. The Labute approximate surface area is 173 Å². The highest BCUT2D eigenvalue weighted by Gasteiger charge is 2.34. The summed E-state index contributed by atoms with van der Waals surface area (Å²) < 4.78 is 7.65. The average molecular weight is 398 g/mol. The largest absolute Gasteiger partial charge is 0.484 e. The van der Waals surface area contributed by atoms with Crippen molar-refractivity contribution >= 4 is 11.8 Å². The molecule has 1 aromatic heterocycles. The number of aryl methyl sites for hydroxylation is 1. The molecule has 0 bridgehead atoms. The second kappa shape index (κ2) is 10.1. The van der Waals surface area contributed by atoms with Crippen molar-refractivity contribution in [3.63, 3.8) is 0 Å². The van der Waals surface area contributed by atoms with Gasteiger partial charge in [-0.1, -0.05) is 31.5 Å². The quantitative estimate of drug-likeness (QED) is 0.585. The fourth-order valence-electron chi connectivity index (χ4n) is 3.29. The molecule has 0 spiro atoms. The molecule has 3 rings (SSSR count). The van der Waals surface area contributed by atoms with Gasteiger partial charge in [-0.05, 0) is 43.5 Å². The van der Waals surface area contributed by atoms with E-state index in [2.05, 4.69) is 6.92 Å². The molecule has 1 heterocycles. The molecule has 2 amide bonds. The lowest BCUT2D eigenvalue weighted by molar-refractivity contribution is -0.142. The zero-order chi connectivity index (χ0) is 20.6. The van der Waals surface area contributed by atoms with Crippen LogP contribution in [0, 0.1) is 0 Å². The predicted octanol–water partition coefficient (Wildman–Crippen LogP) is 3.22. The Bertz CT molecular complexity index is 799. The van der Waals surface area contributed by atoms with Crippen LogP contribution >= 0.6 is 0 Å². The smallest absolute Gasteiger partial charge is 0.260 e. The van der Waals surface area contributed by atoms with Crippen molar-refractivity contribution in [1.29, 1.82) is 0 Å². The van der Waals surface area contributed by atoms with Crippen LogP contribution in [-0.2, 0) is 23.2 Å². The highest BCUT2D eigenvalue weighted by Crippen LogP contribution is 2.28. The third-order valence-corrected chi connectivity index (χ3v) is 5.26. The van der Waals surface area contributed by atoms with Gasteiger partial charge in [0.25, 0.3) is 5.91 Å². The van der Waals surface area contributed by atoms with Crippen LogP contribution in [0.25, 0.3) is 0 Å². The highest BCUT2D eigenvalue weighted by atomic mass is 16.5. The van der Waals surface area contributed by atoms with Crippen molar-refractivity contribution in [2.45, 2.75) is 45.2 Å². The third-order valence-electron chi connectivity index (χ3n) is 5.26. The van der Waals surface area contributed by atoms with Gasteiger partial charge in [-0.15, -0.1) is 0 Å². The number of amides is 2. The summed E-state index contributed by atoms with van der Waals surface area (Å²) in [5.41, 5.74) is 1.10. The van der Waals surface area contributed by atoms with E-state index in [1.165, 1.54) is 0 Å². The molecule has 0 radical (unpaired) electrons. The molecule has 6 nitrogen and oxygen atoms in total. The van der Waals surface area contributed by atoms with Crippen LogP contribution < -0.4 is 4.74 Å². The van der Waals surface area contributed by atoms with Crippen LogP contribution in [0.3, 0.4) is 0 Å². The Morgan fingerprint density at radius 1 is 1.10 bits per heavy atom. The topological polar surface area (TPSA) is 54.8 Å². The van der Waals surface area contributed by atoms with E-state index in [0.717, 1.165) is 31.4 Å². The Morgan fingerprint density at radius 3 is 2.48 bits per heavy atom. The van der Waals surface area contributed by atoms with Crippen LogP contribution in [-0.4, -0.2) is 51.9 Å². The van der Waals surface area contributed by atoms with Gasteiger partial charge < -0.3 is 19.1 Å². The Hall–Kier alpha value is -2.76. The maximum atomic E-state index is 13.1. The molecule has 156 valence electrons. The second-order valence-electron chi connectivity index (χ2n) is 7.63. The maximum absolute atomic E-state index is 13.1. The van der Waals surface area contributed by atoms with Crippen LogP contribution in [0.15, 0.2) is 48.7 Å². The van der Waals surface area contributed by atoms with Gasteiger partial charge in [-0.2, -0.15) is 0 Å². The zero-order valence-corrected chi connectivity index (χ0v) is 17.4. The number of hydrogen-bond acceptors (Lipinski definition) is 3. The lowest BCUT2D eigenvalue weighted by Crippen LogP contribution is -2.45. The number of carbonyl (C=O) groups is 2. The van der Waals surface area contributed by atoms with E-state index in [1.807, 2.05) is 65.2 Å². The highest BCUT2D eigenvalue weighted by molar-refractivity contribution is 5.85. The molecule has 0 aliphatic heterocycles. The van der Waals surface area contributed by atoms with Crippen LogP contribution in [0.4, 0.5) is 0 Å². The van der Waals surface area contributed by atoms with Crippen LogP contribution in [0.1, 0.15) is 38.3 Å². The van der Waals surface area contributed by atoms with Crippen LogP contribution in [0.2, 0.25) is 0 Å². The molecule has 0 unspecified atom stereocenters. The molecule has 2 aromatic rings. The van der Waals surface area contributed by atoms with E-state index in [-0.39, 0.29) is 25.0 Å².